The first-order valence-corrected chi connectivity index (χ1v) is 5.49. The molecule has 0 amide bonds. The van der Waals surface area contributed by atoms with Crippen LogP contribution in [0, 0.1) is 6.92 Å². The average molecular weight is 230 g/mol. The Hall–Kier alpha value is -1.90. The largest absolute Gasteiger partial charge is 0.382 e. The van der Waals surface area contributed by atoms with Crippen LogP contribution in [0.15, 0.2) is 35.5 Å². The molecule has 0 radical (unpaired) electrons. The lowest BCUT2D eigenvalue weighted by molar-refractivity contribution is -0.110. The highest BCUT2D eigenvalue weighted by atomic mass is 16.1. The van der Waals surface area contributed by atoms with E-state index in [1.54, 1.807) is 0 Å². The minimum Gasteiger partial charge on any atom is -0.382 e. The van der Waals surface area contributed by atoms with Gasteiger partial charge in [-0.3, -0.25) is 9.79 Å². The summed E-state index contributed by atoms with van der Waals surface area (Å²) in [5, 5.41) is 0. The number of aryl methyl sites for hydroxylation is 1. The molecular weight excluding hydrogens is 212 g/mol. The maximum atomic E-state index is 10.9. The van der Waals surface area contributed by atoms with Gasteiger partial charge in [-0.05, 0) is 6.92 Å². The molecule has 1 rings (SSSR count). The van der Waals surface area contributed by atoms with Crippen LogP contribution in [0.1, 0.15) is 18.1 Å². The van der Waals surface area contributed by atoms with Gasteiger partial charge in [-0.15, -0.1) is 0 Å². The Morgan fingerprint density at radius 2 is 1.82 bits per heavy atom. The van der Waals surface area contributed by atoms with Gasteiger partial charge in [-0.25, -0.2) is 0 Å². The third kappa shape index (κ3) is 4.64. The summed E-state index contributed by atoms with van der Waals surface area (Å²) in [6.45, 7) is 3.53. The van der Waals surface area contributed by atoms with Gasteiger partial charge < -0.3 is 4.90 Å². The molecule has 0 bridgehead atoms. The van der Waals surface area contributed by atoms with Gasteiger partial charge in [-0.1, -0.05) is 29.8 Å². The van der Waals surface area contributed by atoms with Gasteiger partial charge in [0.25, 0.3) is 0 Å². The van der Waals surface area contributed by atoms with E-state index < -0.39 is 0 Å². The highest BCUT2D eigenvalue weighted by Crippen LogP contribution is 2.16. The Bertz CT molecular complexity index is 442. The van der Waals surface area contributed by atoms with Crippen LogP contribution < -0.4 is 0 Å². The third-order valence-electron chi connectivity index (χ3n) is 2.11. The monoisotopic (exact) mass is 230 g/mol. The molecule has 0 aliphatic heterocycles. The van der Waals surface area contributed by atoms with Gasteiger partial charge in [0.05, 0.1) is 11.9 Å². The molecule has 1 aromatic carbocycles. The smallest absolute Gasteiger partial charge is 0.170 e. The summed E-state index contributed by atoms with van der Waals surface area (Å²) in [6, 6.07) is 8.06. The molecule has 0 fully saturated rings. The fourth-order valence-electron chi connectivity index (χ4n) is 1.31. The van der Waals surface area contributed by atoms with Crippen LogP contribution in [0.4, 0.5) is 0 Å². The van der Waals surface area contributed by atoms with Crippen molar-refractivity contribution >= 4 is 17.7 Å². The van der Waals surface area contributed by atoms with Crippen molar-refractivity contribution in [1.82, 2.24) is 4.90 Å². The van der Waals surface area contributed by atoms with E-state index in [4.69, 9.17) is 0 Å². The van der Waals surface area contributed by atoms with Crippen LogP contribution in [0.25, 0.3) is 5.70 Å². The van der Waals surface area contributed by atoms with Crippen molar-refractivity contribution < 1.29 is 4.79 Å². The SMILES string of the molecule is CC(=O)C=N/C(=C\N(C)C)c1ccc(C)cc1. The predicted molar refractivity (Wildman–Crippen MR) is 72.0 cm³/mol. The molecule has 0 spiro atoms. The normalized spacial score (nSPS) is 11.9. The van der Waals surface area contributed by atoms with Gasteiger partial charge >= 0.3 is 0 Å². The number of hydrogen-bond donors (Lipinski definition) is 0. The number of rotatable bonds is 4. The van der Waals surface area contributed by atoms with Crippen LogP contribution in [-0.4, -0.2) is 31.0 Å². The highest BCUT2D eigenvalue weighted by molar-refractivity contribution is 6.27. The topological polar surface area (TPSA) is 32.7 Å². The average Bonchev–Trinajstić information content (AvgIpc) is 2.25. The summed E-state index contributed by atoms with van der Waals surface area (Å²) in [4.78, 5) is 17.0. The van der Waals surface area contributed by atoms with E-state index in [0.29, 0.717) is 0 Å². The minimum absolute atomic E-state index is 0.0539. The van der Waals surface area contributed by atoms with E-state index >= 15 is 0 Å². The summed E-state index contributed by atoms with van der Waals surface area (Å²) in [6.07, 6.45) is 3.24. The summed E-state index contributed by atoms with van der Waals surface area (Å²) in [5.41, 5.74) is 2.99. The fourth-order valence-corrected chi connectivity index (χ4v) is 1.31. The minimum atomic E-state index is -0.0539. The Morgan fingerprint density at radius 1 is 1.24 bits per heavy atom. The maximum Gasteiger partial charge on any atom is 0.170 e. The first-order chi connectivity index (χ1) is 7.99. The van der Waals surface area contributed by atoms with E-state index in [1.807, 2.05) is 56.4 Å². The highest BCUT2D eigenvalue weighted by Gasteiger charge is 2.00. The quantitative estimate of drug-likeness (QED) is 0.744. The van der Waals surface area contributed by atoms with Crippen LogP contribution >= 0.6 is 0 Å². The van der Waals surface area contributed by atoms with E-state index in [-0.39, 0.29) is 5.78 Å². The van der Waals surface area contributed by atoms with E-state index in [2.05, 4.69) is 4.99 Å². The van der Waals surface area contributed by atoms with Gasteiger partial charge in [-0.2, -0.15) is 0 Å². The van der Waals surface area contributed by atoms with Crippen molar-refractivity contribution in [3.8, 4) is 0 Å². The molecule has 90 valence electrons. The Kier molecular flexibility index (Phi) is 4.64. The van der Waals surface area contributed by atoms with Crippen molar-refractivity contribution in [2.75, 3.05) is 14.1 Å². The van der Waals surface area contributed by atoms with E-state index in [1.165, 1.54) is 18.7 Å². The summed E-state index contributed by atoms with van der Waals surface area (Å²) in [5.74, 6) is -0.0539. The zero-order chi connectivity index (χ0) is 12.8. The van der Waals surface area contributed by atoms with Crippen molar-refractivity contribution in [3.05, 3.63) is 41.6 Å². The number of carbonyl (C=O) groups excluding carboxylic acids is 1. The number of aliphatic imine (C=N–C) groups is 1. The molecule has 0 aliphatic carbocycles. The van der Waals surface area contributed by atoms with Gasteiger partial charge in [0.2, 0.25) is 0 Å². The molecule has 0 saturated carbocycles. The van der Waals surface area contributed by atoms with Crippen LogP contribution in [0.2, 0.25) is 0 Å². The molecule has 0 atom stereocenters. The second kappa shape index (κ2) is 5.99. The van der Waals surface area contributed by atoms with E-state index in [0.717, 1.165) is 11.3 Å². The molecule has 0 unspecified atom stereocenters. The zero-order valence-corrected chi connectivity index (χ0v) is 10.8. The number of Topliss-reactive ketones (excluding diaryl/α,β-unsaturated/α-hetero) is 1. The summed E-state index contributed by atoms with van der Waals surface area (Å²) >= 11 is 0. The lowest BCUT2D eigenvalue weighted by Crippen LogP contribution is -2.02. The van der Waals surface area contributed by atoms with Gasteiger partial charge in [0, 0.05) is 32.8 Å². The fraction of sp³-hybridized carbons (Fsp3) is 0.286. The van der Waals surface area contributed by atoms with Gasteiger partial charge in [0.15, 0.2) is 5.78 Å². The molecule has 3 nitrogen and oxygen atoms in total. The van der Waals surface area contributed by atoms with Gasteiger partial charge in [0.1, 0.15) is 0 Å². The number of benzene rings is 1. The molecule has 1 aromatic rings. The molecular formula is C14H18N2O. The standard InChI is InChI=1S/C14H18N2O/c1-11-5-7-13(8-6-11)14(10-16(3)4)15-9-12(2)17/h5-10H,1-4H3/b14-10-,15-9?. The molecule has 0 aromatic heterocycles. The first kappa shape index (κ1) is 13.2. The second-order valence-corrected chi connectivity index (χ2v) is 4.21. The Balaban J connectivity index is 3.06. The van der Waals surface area contributed by atoms with Crippen molar-refractivity contribution in [3.63, 3.8) is 0 Å². The number of hydrogen-bond acceptors (Lipinski definition) is 3. The summed E-state index contributed by atoms with van der Waals surface area (Å²) in [7, 11) is 3.86. The Morgan fingerprint density at radius 3 is 2.29 bits per heavy atom. The van der Waals surface area contributed by atoms with Crippen LogP contribution in [0.3, 0.4) is 0 Å². The predicted octanol–water partition coefficient (Wildman–Crippen LogP) is 2.51. The number of carbonyl (C=O) groups is 1. The first-order valence-electron chi connectivity index (χ1n) is 5.49. The molecule has 0 saturated heterocycles. The second-order valence-electron chi connectivity index (χ2n) is 4.21. The zero-order valence-electron chi connectivity index (χ0n) is 10.8. The van der Waals surface area contributed by atoms with Crippen LogP contribution in [-0.2, 0) is 4.79 Å². The molecule has 0 N–H and O–H groups in total. The van der Waals surface area contributed by atoms with Crippen molar-refractivity contribution in [1.29, 1.82) is 0 Å². The summed E-state index contributed by atoms with van der Waals surface area (Å²) < 4.78 is 0. The third-order valence-corrected chi connectivity index (χ3v) is 2.11. The van der Waals surface area contributed by atoms with Crippen molar-refractivity contribution in [2.45, 2.75) is 13.8 Å². The van der Waals surface area contributed by atoms with Crippen molar-refractivity contribution in [2.24, 2.45) is 4.99 Å². The van der Waals surface area contributed by atoms with Crippen LogP contribution in [0.5, 0.6) is 0 Å². The van der Waals surface area contributed by atoms with E-state index in [9.17, 15) is 4.79 Å². The lowest BCUT2D eigenvalue weighted by atomic mass is 10.1. The molecule has 0 heterocycles. The maximum absolute atomic E-state index is 10.9. The lowest BCUT2D eigenvalue weighted by Gasteiger charge is -2.08. The molecule has 3 heteroatoms. The number of nitrogens with zero attached hydrogens (tertiary/aromatic N) is 2. The number of ketones is 1. The molecule has 17 heavy (non-hydrogen) atoms. The Labute approximate surface area is 102 Å². The molecule has 0 aliphatic rings.